The van der Waals surface area contributed by atoms with E-state index in [0.29, 0.717) is 18.3 Å². The number of hydrogen-bond donors (Lipinski definition) is 3. The minimum absolute atomic E-state index is 0.0276. The van der Waals surface area contributed by atoms with Gasteiger partial charge in [-0.1, -0.05) is 20.8 Å². The van der Waals surface area contributed by atoms with E-state index in [0.717, 1.165) is 25.7 Å². The highest BCUT2D eigenvalue weighted by molar-refractivity contribution is 5.82. The smallest absolute Gasteiger partial charge is 0.138 e. The molecule has 0 aromatic carbocycles. The van der Waals surface area contributed by atoms with Gasteiger partial charge in [0.1, 0.15) is 5.78 Å². The van der Waals surface area contributed by atoms with Crippen molar-refractivity contribution in [3.8, 4) is 0 Å². The lowest BCUT2D eigenvalue weighted by Crippen LogP contribution is -2.39. The van der Waals surface area contributed by atoms with E-state index in [4.69, 9.17) is 0 Å². The summed E-state index contributed by atoms with van der Waals surface area (Å²) >= 11 is 0. The van der Waals surface area contributed by atoms with Crippen molar-refractivity contribution in [3.05, 3.63) is 0 Å². The van der Waals surface area contributed by atoms with E-state index < -0.39 is 12.2 Å². The van der Waals surface area contributed by atoms with Crippen LogP contribution in [0.15, 0.2) is 0 Å². The molecule has 3 fully saturated rings. The second-order valence-electron chi connectivity index (χ2n) is 8.86. The highest BCUT2D eigenvalue weighted by atomic mass is 16.3. The monoisotopic (exact) mass is 324 g/mol. The predicted octanol–water partition coefficient (Wildman–Crippen LogP) is 2.00. The van der Waals surface area contributed by atoms with Gasteiger partial charge in [-0.05, 0) is 60.7 Å². The van der Waals surface area contributed by atoms with Crippen molar-refractivity contribution in [2.24, 2.45) is 40.9 Å². The van der Waals surface area contributed by atoms with Crippen LogP contribution in [-0.4, -0.2) is 39.9 Å². The van der Waals surface area contributed by atoms with Gasteiger partial charge >= 0.3 is 0 Å². The average Bonchev–Trinajstić information content (AvgIpc) is 2.61. The van der Waals surface area contributed by atoms with E-state index >= 15 is 0 Å². The quantitative estimate of drug-likeness (QED) is 0.726. The van der Waals surface area contributed by atoms with Crippen LogP contribution in [0.4, 0.5) is 0 Å². The third kappa shape index (κ3) is 2.58. The van der Waals surface area contributed by atoms with Crippen molar-refractivity contribution in [3.63, 3.8) is 0 Å². The van der Waals surface area contributed by atoms with Crippen molar-refractivity contribution < 1.29 is 20.1 Å². The fourth-order valence-electron chi connectivity index (χ4n) is 6.43. The number of aliphatic hydroxyl groups excluding tert-OH is 3. The molecule has 0 aromatic rings. The molecule has 0 bridgehead atoms. The van der Waals surface area contributed by atoms with Crippen LogP contribution < -0.4 is 0 Å². The second-order valence-corrected chi connectivity index (χ2v) is 8.86. The van der Waals surface area contributed by atoms with Crippen LogP contribution >= 0.6 is 0 Å². The molecule has 0 amide bonds. The Hall–Kier alpha value is -0.450. The largest absolute Gasteiger partial charge is 0.396 e. The molecular weight excluding hydrogens is 292 g/mol. The fraction of sp³-hybridized carbons (Fsp3) is 0.947. The summed E-state index contributed by atoms with van der Waals surface area (Å²) in [6.07, 6.45) is 2.95. The molecule has 4 nitrogen and oxygen atoms in total. The van der Waals surface area contributed by atoms with Gasteiger partial charge in [0.05, 0.1) is 18.8 Å². The molecule has 4 heteroatoms. The first kappa shape index (κ1) is 17.4. The van der Waals surface area contributed by atoms with Crippen LogP contribution in [0.1, 0.15) is 52.9 Å². The molecule has 0 radical (unpaired) electrons. The van der Waals surface area contributed by atoms with Crippen molar-refractivity contribution >= 4 is 5.78 Å². The van der Waals surface area contributed by atoms with E-state index in [-0.39, 0.29) is 41.5 Å². The molecule has 3 aliphatic carbocycles. The van der Waals surface area contributed by atoms with Gasteiger partial charge in [0, 0.05) is 12.3 Å². The van der Waals surface area contributed by atoms with Crippen LogP contribution in [0.5, 0.6) is 0 Å². The van der Waals surface area contributed by atoms with Crippen molar-refractivity contribution in [2.75, 3.05) is 6.61 Å². The van der Waals surface area contributed by atoms with Crippen LogP contribution in [0.2, 0.25) is 0 Å². The maximum Gasteiger partial charge on any atom is 0.138 e. The zero-order chi connectivity index (χ0) is 16.9. The van der Waals surface area contributed by atoms with E-state index in [9.17, 15) is 20.1 Å². The Balaban J connectivity index is 1.93. The molecule has 0 aliphatic heterocycles. The Labute approximate surface area is 139 Å². The lowest BCUT2D eigenvalue weighted by atomic mass is 9.65. The summed E-state index contributed by atoms with van der Waals surface area (Å²) < 4.78 is 0. The molecule has 6 unspecified atom stereocenters. The van der Waals surface area contributed by atoms with Crippen LogP contribution in [0.25, 0.3) is 0 Å². The molecule has 0 aromatic heterocycles. The van der Waals surface area contributed by atoms with E-state index in [1.54, 1.807) is 0 Å². The molecule has 3 N–H and O–H groups in total. The number of fused-ring (bicyclic) bond motifs is 2. The third-order valence-electron chi connectivity index (χ3n) is 7.53. The number of aliphatic hydroxyl groups is 3. The van der Waals surface area contributed by atoms with Crippen LogP contribution in [0, 0.1) is 40.9 Å². The SMILES string of the molecule is CC(C)C1[C@@H](O)[C@H](O)C2CC3C(CCC(=O)C3CO)CCC21C. The minimum Gasteiger partial charge on any atom is -0.396 e. The van der Waals surface area contributed by atoms with Gasteiger partial charge in [0.25, 0.3) is 0 Å². The average molecular weight is 324 g/mol. The highest BCUT2D eigenvalue weighted by Crippen LogP contribution is 2.60. The van der Waals surface area contributed by atoms with E-state index in [1.165, 1.54) is 0 Å². The van der Waals surface area contributed by atoms with E-state index in [1.807, 2.05) is 0 Å². The Kier molecular flexibility index (Phi) is 4.63. The molecule has 0 saturated heterocycles. The molecule has 0 spiro atoms. The Morgan fingerprint density at radius 3 is 2.52 bits per heavy atom. The minimum atomic E-state index is -0.706. The summed E-state index contributed by atoms with van der Waals surface area (Å²) in [7, 11) is 0. The zero-order valence-corrected chi connectivity index (χ0v) is 14.6. The molecule has 23 heavy (non-hydrogen) atoms. The second kappa shape index (κ2) is 6.12. The molecule has 132 valence electrons. The predicted molar refractivity (Wildman–Crippen MR) is 87.6 cm³/mol. The molecular formula is C19H32O4. The van der Waals surface area contributed by atoms with Gasteiger partial charge in [-0.2, -0.15) is 0 Å². The summed E-state index contributed by atoms with van der Waals surface area (Å²) in [4.78, 5) is 12.2. The first-order valence-electron chi connectivity index (χ1n) is 9.31. The number of ketones is 1. The molecule has 3 aliphatic rings. The maximum atomic E-state index is 12.2. The summed E-state index contributed by atoms with van der Waals surface area (Å²) in [6, 6.07) is 0. The molecule has 3 saturated carbocycles. The fourth-order valence-corrected chi connectivity index (χ4v) is 6.43. The maximum absolute atomic E-state index is 12.2. The lowest BCUT2D eigenvalue weighted by molar-refractivity contribution is -0.131. The molecule has 0 heterocycles. The van der Waals surface area contributed by atoms with E-state index in [2.05, 4.69) is 20.8 Å². The van der Waals surface area contributed by atoms with Gasteiger partial charge in [-0.25, -0.2) is 0 Å². The number of Topliss-reactive ketones (excluding diaryl/α,β-unsaturated/α-hetero) is 1. The Morgan fingerprint density at radius 2 is 1.91 bits per heavy atom. The van der Waals surface area contributed by atoms with Crippen molar-refractivity contribution in [1.29, 1.82) is 0 Å². The normalized spacial score (nSPS) is 50.6. The number of hydrogen-bond acceptors (Lipinski definition) is 4. The van der Waals surface area contributed by atoms with Crippen molar-refractivity contribution in [1.82, 2.24) is 0 Å². The standard InChI is InChI=1S/C19H32O4/c1-10(2)16-18(23)17(22)14-8-12-11(6-7-19(14,16)3)4-5-15(21)13(12)9-20/h10-14,16-18,20,22-23H,4-9H2,1-3H3/t11?,12?,13?,14?,16?,17-,18-,19?/m1/s1. The number of rotatable bonds is 2. The Morgan fingerprint density at radius 1 is 1.22 bits per heavy atom. The van der Waals surface area contributed by atoms with Gasteiger partial charge in [0.15, 0.2) is 0 Å². The summed E-state index contributed by atoms with van der Waals surface area (Å²) in [5, 5.41) is 31.1. The van der Waals surface area contributed by atoms with Gasteiger partial charge in [-0.15, -0.1) is 0 Å². The summed E-state index contributed by atoms with van der Waals surface area (Å²) in [6.45, 7) is 6.42. The Bertz CT molecular complexity index is 462. The topological polar surface area (TPSA) is 77.8 Å². The molecule has 3 rings (SSSR count). The summed E-state index contributed by atoms with van der Waals surface area (Å²) in [5.74, 6) is 1.02. The van der Waals surface area contributed by atoms with Crippen LogP contribution in [0.3, 0.4) is 0 Å². The lowest BCUT2D eigenvalue weighted by Gasteiger charge is -2.39. The van der Waals surface area contributed by atoms with Gasteiger partial charge in [0.2, 0.25) is 0 Å². The third-order valence-corrected chi connectivity index (χ3v) is 7.53. The highest BCUT2D eigenvalue weighted by Gasteiger charge is 2.60. The van der Waals surface area contributed by atoms with Crippen LogP contribution in [-0.2, 0) is 4.79 Å². The first-order chi connectivity index (χ1) is 10.8. The van der Waals surface area contributed by atoms with Gasteiger partial charge < -0.3 is 15.3 Å². The number of carbonyl (C=O) groups excluding carboxylic acids is 1. The summed E-state index contributed by atoms with van der Waals surface area (Å²) in [5.41, 5.74) is -0.0760. The first-order valence-corrected chi connectivity index (χ1v) is 9.31. The van der Waals surface area contributed by atoms with Gasteiger partial charge in [-0.3, -0.25) is 4.79 Å². The molecule has 8 atom stereocenters. The number of carbonyl (C=O) groups is 1. The zero-order valence-electron chi connectivity index (χ0n) is 14.6. The van der Waals surface area contributed by atoms with Crippen molar-refractivity contribution in [2.45, 2.75) is 65.1 Å².